The third kappa shape index (κ3) is 27.7. The van der Waals surface area contributed by atoms with E-state index in [1.54, 1.807) is 0 Å². The minimum atomic E-state index is -1.12. The van der Waals surface area contributed by atoms with Crippen LogP contribution in [0.15, 0.2) is 72.9 Å². The van der Waals surface area contributed by atoms with E-state index in [1.807, 2.05) is 0 Å². The first-order valence-electron chi connectivity index (χ1n) is 17.3. The first-order chi connectivity index (χ1) is 20.1. The van der Waals surface area contributed by atoms with Gasteiger partial charge in [-0.3, -0.25) is 0 Å². The molecule has 1 saturated heterocycles. The normalized spacial score (nSPS) is 18.1. The molecule has 1 heterocycles. The van der Waals surface area contributed by atoms with Crippen molar-refractivity contribution in [2.75, 3.05) is 13.2 Å². The quantitative estimate of drug-likeness (QED) is 0.0802. The number of hydrogen-bond donors (Lipinski definition) is 0. The van der Waals surface area contributed by atoms with Crippen LogP contribution in [0.3, 0.4) is 0 Å². The zero-order valence-electron chi connectivity index (χ0n) is 27.4. The Morgan fingerprint density at radius 1 is 0.590 bits per heavy atom. The molecule has 1 fully saturated rings. The highest BCUT2D eigenvalue weighted by Gasteiger charge is 2.13. The van der Waals surface area contributed by atoms with Crippen LogP contribution in [0.2, 0.25) is 0 Å². The molecule has 1 aliphatic rings. The molecule has 0 aromatic carbocycles. The summed E-state index contributed by atoms with van der Waals surface area (Å²) < 4.78 is 27.7. The van der Waals surface area contributed by atoms with Crippen molar-refractivity contribution in [1.82, 2.24) is 0 Å². The van der Waals surface area contributed by atoms with E-state index in [4.69, 9.17) is 12.2 Å². The zero-order valence-corrected chi connectivity index (χ0v) is 25.4. The van der Waals surface area contributed by atoms with Gasteiger partial charge in [0, 0.05) is 16.0 Å². The first-order valence-corrected chi connectivity index (χ1v) is 16.3. The van der Waals surface area contributed by atoms with Crippen molar-refractivity contribution in [3.63, 3.8) is 0 Å². The van der Waals surface area contributed by atoms with Crippen LogP contribution in [0.25, 0.3) is 0 Å². The Balaban J connectivity index is 1.83. The summed E-state index contributed by atoms with van der Waals surface area (Å²) in [5.74, 6) is 0. The van der Waals surface area contributed by atoms with Crippen LogP contribution in [-0.4, -0.2) is 19.5 Å². The fourth-order valence-electron chi connectivity index (χ4n) is 4.44. The molecule has 1 aliphatic heterocycles. The second-order valence-electron chi connectivity index (χ2n) is 10.4. The maximum absolute atomic E-state index is 8.22. The van der Waals surface area contributed by atoms with E-state index >= 15 is 0 Å². The molecule has 1 rings (SSSR count). The van der Waals surface area contributed by atoms with Crippen LogP contribution in [-0.2, 0) is 9.47 Å². The number of unbranched alkanes of at least 4 members (excludes halogenated alkanes) is 8. The Morgan fingerprint density at radius 2 is 1.08 bits per heavy atom. The summed E-state index contributed by atoms with van der Waals surface area (Å²) in [5, 5.41) is 0. The first kappa shape index (κ1) is 31.9. The van der Waals surface area contributed by atoms with Gasteiger partial charge < -0.3 is 9.47 Å². The van der Waals surface area contributed by atoms with Crippen molar-refractivity contribution in [1.29, 1.82) is 0 Å². The summed E-state index contributed by atoms with van der Waals surface area (Å²) in [4.78, 5) is 0. The molecule has 1 unspecified atom stereocenters. The maximum atomic E-state index is 8.22. The molecule has 1 atom stereocenters. The Labute approximate surface area is 246 Å². The second kappa shape index (κ2) is 30.9. The lowest BCUT2D eigenvalue weighted by Gasteiger charge is -2.22. The highest BCUT2D eigenvalue weighted by atomic mass is 16.7. The molecule has 2 nitrogen and oxygen atoms in total. The third-order valence-electron chi connectivity index (χ3n) is 6.79. The predicted molar refractivity (Wildman–Crippen MR) is 173 cm³/mol. The van der Waals surface area contributed by atoms with Gasteiger partial charge in [-0.05, 0) is 77.0 Å². The predicted octanol–water partition coefficient (Wildman–Crippen LogP) is 11.9. The lowest BCUT2D eigenvalue weighted by Crippen LogP contribution is -2.22. The van der Waals surface area contributed by atoms with Gasteiger partial charge in [0.05, 0.1) is 0 Å². The number of hydrogen-bond acceptors (Lipinski definition) is 2. The van der Waals surface area contributed by atoms with Gasteiger partial charge in [0.15, 0.2) is 6.29 Å². The van der Waals surface area contributed by atoms with Crippen molar-refractivity contribution in [3.8, 4) is 0 Å². The van der Waals surface area contributed by atoms with Crippen LogP contribution < -0.4 is 0 Å². The van der Waals surface area contributed by atoms with E-state index < -0.39 is 6.37 Å². The molecule has 0 radical (unpaired) electrons. The third-order valence-corrected chi connectivity index (χ3v) is 6.79. The van der Waals surface area contributed by atoms with Crippen LogP contribution in [0.4, 0.5) is 0 Å². The fraction of sp³-hybridized carbons (Fsp3) is 0.676. The van der Waals surface area contributed by atoms with Gasteiger partial charge in [-0.25, -0.2) is 0 Å². The van der Waals surface area contributed by atoms with Gasteiger partial charge in [0.2, 0.25) is 0 Å². The topological polar surface area (TPSA) is 18.5 Å². The molecular formula is C37H62O2. The van der Waals surface area contributed by atoms with Gasteiger partial charge >= 0.3 is 0 Å². The summed E-state index contributed by atoms with van der Waals surface area (Å²) in [6, 6.07) is 0. The van der Waals surface area contributed by atoms with Crippen LogP contribution >= 0.6 is 0 Å². The Hall–Kier alpha value is -1.64. The molecule has 2 heteroatoms. The standard InChI is InChI=1S/C37H62O2/c1-2-3-4-5-6-7-8-9-10-11-12-13-14-15-16-17-18-19-20-21-22-23-24-25-26-27-28-29-30-32-35-38-37-34-31-33-36-39-37/h3-4,6-7,9-10,12-13,15-16,18-19,37H,2,5,8,11,14,17,20-36H2,1H3/b4-3-,7-6-,10-9-,13-12-,16-15-,19-18-/i30D2. The van der Waals surface area contributed by atoms with Gasteiger partial charge in [-0.15, -0.1) is 0 Å². The van der Waals surface area contributed by atoms with Crippen molar-refractivity contribution < 1.29 is 12.2 Å². The monoisotopic (exact) mass is 540 g/mol. The largest absolute Gasteiger partial charge is 0.353 e. The van der Waals surface area contributed by atoms with Crippen LogP contribution in [0, 0.1) is 0 Å². The Kier molecular flexibility index (Phi) is 25.3. The minimum Gasteiger partial charge on any atom is -0.353 e. The number of rotatable bonds is 26. The van der Waals surface area contributed by atoms with E-state index in [0.29, 0.717) is 19.4 Å². The lowest BCUT2D eigenvalue weighted by atomic mass is 10.1. The molecule has 0 amide bonds. The van der Waals surface area contributed by atoms with Crippen LogP contribution in [0.5, 0.6) is 0 Å². The summed E-state index contributed by atoms with van der Waals surface area (Å²) in [6.45, 7) is 3.41. The summed E-state index contributed by atoms with van der Waals surface area (Å²) in [5.41, 5.74) is 0. The van der Waals surface area contributed by atoms with Crippen molar-refractivity contribution in [2.24, 2.45) is 0 Å². The van der Waals surface area contributed by atoms with Crippen LogP contribution in [0.1, 0.15) is 144 Å². The molecule has 222 valence electrons. The smallest absolute Gasteiger partial charge is 0.157 e. The van der Waals surface area contributed by atoms with Gasteiger partial charge in [0.1, 0.15) is 0 Å². The zero-order chi connectivity index (χ0) is 29.5. The molecule has 0 aliphatic carbocycles. The van der Waals surface area contributed by atoms with Crippen molar-refractivity contribution >= 4 is 0 Å². The van der Waals surface area contributed by atoms with Gasteiger partial charge in [-0.1, -0.05) is 138 Å². The highest BCUT2D eigenvalue weighted by molar-refractivity contribution is 5.01. The van der Waals surface area contributed by atoms with E-state index in [-0.39, 0.29) is 6.29 Å². The Bertz CT molecular complexity index is 742. The number of ether oxygens (including phenoxy) is 2. The maximum Gasteiger partial charge on any atom is 0.157 e. The molecule has 0 bridgehead atoms. The SMILES string of the molecule is [2H]C([2H])(CCCCCCCCCC/C=C\C/C=C\C/C=C\C/C=C\C/C=C\C/C=C\CC)CCOC1CCCCO1. The Morgan fingerprint density at radius 3 is 1.59 bits per heavy atom. The van der Waals surface area contributed by atoms with E-state index in [2.05, 4.69) is 79.8 Å². The summed E-state index contributed by atoms with van der Waals surface area (Å²) >= 11 is 0. The summed E-state index contributed by atoms with van der Waals surface area (Å²) in [6.07, 6.45) is 47.5. The molecule has 0 aromatic heterocycles. The molecule has 39 heavy (non-hydrogen) atoms. The minimum absolute atomic E-state index is 0.106. The van der Waals surface area contributed by atoms with E-state index in [1.165, 1.54) is 44.9 Å². The molecule has 0 aromatic rings. The summed E-state index contributed by atoms with van der Waals surface area (Å²) in [7, 11) is 0. The van der Waals surface area contributed by atoms with Gasteiger partial charge in [-0.2, -0.15) is 0 Å². The average molecular weight is 541 g/mol. The number of allylic oxidation sites excluding steroid dienone is 12. The molecular weight excluding hydrogens is 476 g/mol. The van der Waals surface area contributed by atoms with Crippen molar-refractivity contribution in [2.45, 2.75) is 148 Å². The molecule has 0 saturated carbocycles. The van der Waals surface area contributed by atoms with Crippen molar-refractivity contribution in [3.05, 3.63) is 72.9 Å². The second-order valence-corrected chi connectivity index (χ2v) is 10.4. The van der Waals surface area contributed by atoms with Gasteiger partial charge in [0.25, 0.3) is 0 Å². The highest BCUT2D eigenvalue weighted by Crippen LogP contribution is 2.15. The van der Waals surface area contributed by atoms with E-state index in [0.717, 1.165) is 77.2 Å². The lowest BCUT2D eigenvalue weighted by molar-refractivity contribution is -0.162. The fourth-order valence-corrected chi connectivity index (χ4v) is 4.44. The molecule has 0 N–H and O–H groups in total. The average Bonchev–Trinajstić information content (AvgIpc) is 2.97. The molecule has 0 spiro atoms. The van der Waals surface area contributed by atoms with E-state index in [9.17, 15) is 0 Å².